The van der Waals surface area contributed by atoms with Gasteiger partial charge in [0.15, 0.2) is 0 Å². The molecule has 7 fully saturated rings. The van der Waals surface area contributed by atoms with Crippen molar-refractivity contribution < 1.29 is 19.7 Å². The number of amides is 1. The van der Waals surface area contributed by atoms with Crippen molar-refractivity contribution in [1.82, 2.24) is 4.90 Å². The van der Waals surface area contributed by atoms with Crippen molar-refractivity contribution in [1.29, 1.82) is 0 Å². The molecule has 1 aliphatic heterocycles. The molecule has 211 valence electrons. The molecular weight excluding hydrogens is 474 g/mol. The Morgan fingerprint density at radius 2 is 1.79 bits per heavy atom. The Morgan fingerprint density at radius 1 is 1.05 bits per heavy atom. The molecule has 2 spiro atoms. The van der Waals surface area contributed by atoms with E-state index in [0.717, 1.165) is 57.3 Å². The van der Waals surface area contributed by atoms with Crippen molar-refractivity contribution >= 4 is 5.91 Å². The first kappa shape index (κ1) is 26.3. The molecule has 7 aliphatic rings. The minimum atomic E-state index is -0.590. The quantitative estimate of drug-likeness (QED) is 0.495. The average molecular weight is 525 g/mol. The Kier molecular flexibility index (Phi) is 5.53. The molecule has 0 aromatic heterocycles. The molecule has 6 saturated carbocycles. The molecule has 3 radical (unpaired) electrons. The van der Waals surface area contributed by atoms with Gasteiger partial charge in [0.25, 0.3) is 0 Å². The summed E-state index contributed by atoms with van der Waals surface area (Å²) in [5.74, 6) is 3.64. The molecule has 0 aromatic carbocycles. The van der Waals surface area contributed by atoms with Crippen LogP contribution in [-0.2, 0) is 9.53 Å². The standard InChI is InChI=1S/C33H50NO4/c1-19-15-22(17-34(20(2)35)16-21-7-8-21)38-27-26(19)30(5)13-14-33-18-32(33)12-11-25(36)29(3,4)23(32)9-10-24(33)31(30,6)28(27)37/h19,21,23,25-26,28,36-37H,7-18H2,1-6H3/t19-,23+,25?,26+,28+,30-,31-,32-,33+/m1/s1. The number of carbonyl (C=O) groups excluding carboxylic acids is 1. The second-order valence-corrected chi connectivity index (χ2v) is 15.9. The first-order valence-corrected chi connectivity index (χ1v) is 15.7. The molecule has 0 bridgehead atoms. The molecule has 7 rings (SSSR count). The molecule has 2 N–H and O–H groups in total. The van der Waals surface area contributed by atoms with E-state index in [2.05, 4.69) is 34.6 Å². The van der Waals surface area contributed by atoms with Gasteiger partial charge in [-0.3, -0.25) is 4.79 Å². The van der Waals surface area contributed by atoms with E-state index in [9.17, 15) is 15.0 Å². The zero-order chi connectivity index (χ0) is 27.0. The maximum atomic E-state index is 12.4. The Morgan fingerprint density at radius 3 is 2.47 bits per heavy atom. The Hall–Kier alpha value is -0.650. The summed E-state index contributed by atoms with van der Waals surface area (Å²) in [5.41, 5.74) is 0.235. The fourth-order valence-electron chi connectivity index (χ4n) is 11.7. The number of aliphatic hydroxyl groups excluding tert-OH is 2. The lowest BCUT2D eigenvalue weighted by Gasteiger charge is -2.63. The lowest BCUT2D eigenvalue weighted by atomic mass is 9.41. The van der Waals surface area contributed by atoms with Crippen LogP contribution in [0.25, 0.3) is 0 Å². The molecule has 1 heterocycles. The number of hydrogen-bond donors (Lipinski definition) is 2. The highest BCUT2D eigenvalue weighted by Crippen LogP contribution is 2.90. The van der Waals surface area contributed by atoms with Crippen LogP contribution in [0.15, 0.2) is 0 Å². The van der Waals surface area contributed by atoms with Crippen LogP contribution in [0.1, 0.15) is 106 Å². The summed E-state index contributed by atoms with van der Waals surface area (Å²) < 4.78 is 6.72. The molecule has 1 unspecified atom stereocenters. The van der Waals surface area contributed by atoms with Gasteiger partial charge in [-0.2, -0.15) is 0 Å². The largest absolute Gasteiger partial charge is 0.393 e. The third-order valence-corrected chi connectivity index (χ3v) is 14.1. The van der Waals surface area contributed by atoms with Gasteiger partial charge in [-0.25, -0.2) is 0 Å². The smallest absolute Gasteiger partial charge is 0.219 e. The topological polar surface area (TPSA) is 70.0 Å². The van der Waals surface area contributed by atoms with Crippen molar-refractivity contribution in [3.05, 3.63) is 18.1 Å². The van der Waals surface area contributed by atoms with E-state index in [4.69, 9.17) is 4.74 Å². The van der Waals surface area contributed by atoms with E-state index in [-0.39, 0.29) is 39.6 Å². The summed E-state index contributed by atoms with van der Waals surface area (Å²) in [6, 6.07) is 0. The summed E-state index contributed by atoms with van der Waals surface area (Å²) in [5, 5.41) is 23.2. The third-order valence-electron chi connectivity index (χ3n) is 14.1. The number of nitrogens with zero attached hydrogens (tertiary/aromatic N) is 1. The number of aliphatic hydroxyl groups is 2. The molecule has 1 saturated heterocycles. The lowest BCUT2D eigenvalue weighted by molar-refractivity contribution is -0.130. The minimum Gasteiger partial charge on any atom is -0.393 e. The van der Waals surface area contributed by atoms with Crippen LogP contribution in [0.5, 0.6) is 0 Å². The molecular formula is C33H50NO4. The van der Waals surface area contributed by atoms with Crippen LogP contribution in [0.3, 0.4) is 0 Å². The summed E-state index contributed by atoms with van der Waals surface area (Å²) in [6.07, 6.45) is 12.3. The van der Waals surface area contributed by atoms with Gasteiger partial charge in [0, 0.05) is 24.8 Å². The predicted molar refractivity (Wildman–Crippen MR) is 146 cm³/mol. The third kappa shape index (κ3) is 3.08. The molecule has 6 aliphatic carbocycles. The Bertz CT molecular complexity index is 1010. The first-order chi connectivity index (χ1) is 17.8. The second-order valence-electron chi connectivity index (χ2n) is 15.9. The maximum absolute atomic E-state index is 12.4. The van der Waals surface area contributed by atoms with Crippen LogP contribution < -0.4 is 0 Å². The van der Waals surface area contributed by atoms with Gasteiger partial charge in [0.05, 0.1) is 18.8 Å². The Balaban J connectivity index is 1.18. The molecule has 9 atom stereocenters. The first-order valence-electron chi connectivity index (χ1n) is 15.7. The lowest BCUT2D eigenvalue weighted by Crippen LogP contribution is -2.58. The summed E-state index contributed by atoms with van der Waals surface area (Å²) in [7, 11) is 0. The second kappa shape index (κ2) is 8.00. The van der Waals surface area contributed by atoms with Gasteiger partial charge in [0.1, 0.15) is 12.2 Å². The average Bonchev–Trinajstić information content (AvgIpc) is 3.76. The van der Waals surface area contributed by atoms with Gasteiger partial charge in [-0.05, 0) is 110 Å². The van der Waals surface area contributed by atoms with Crippen LogP contribution >= 0.6 is 0 Å². The van der Waals surface area contributed by atoms with E-state index >= 15 is 0 Å². The van der Waals surface area contributed by atoms with E-state index in [1.54, 1.807) is 12.8 Å². The summed E-state index contributed by atoms with van der Waals surface area (Å²) >= 11 is 0. The number of hydrogen-bond acceptors (Lipinski definition) is 4. The highest BCUT2D eigenvalue weighted by molar-refractivity contribution is 5.73. The Labute approximate surface area is 230 Å². The number of rotatable bonds is 4. The van der Waals surface area contributed by atoms with E-state index in [1.807, 2.05) is 4.90 Å². The van der Waals surface area contributed by atoms with E-state index < -0.39 is 6.10 Å². The van der Waals surface area contributed by atoms with Gasteiger partial charge in [-0.15, -0.1) is 0 Å². The fourth-order valence-corrected chi connectivity index (χ4v) is 11.7. The van der Waals surface area contributed by atoms with Crippen LogP contribution in [-0.4, -0.2) is 46.3 Å². The van der Waals surface area contributed by atoms with Crippen molar-refractivity contribution in [2.24, 2.45) is 50.7 Å². The fraction of sp³-hybridized carbons (Fsp3) is 0.879. The monoisotopic (exact) mass is 524 g/mol. The summed E-state index contributed by atoms with van der Waals surface area (Å²) in [6.45, 7) is 14.9. The van der Waals surface area contributed by atoms with E-state index in [1.165, 1.54) is 25.7 Å². The number of fused-ring (bicyclic) bond motifs is 4. The number of carbonyl (C=O) groups is 1. The van der Waals surface area contributed by atoms with Crippen molar-refractivity contribution in [2.75, 3.05) is 13.1 Å². The maximum Gasteiger partial charge on any atom is 0.219 e. The van der Waals surface area contributed by atoms with Gasteiger partial charge in [0.2, 0.25) is 5.91 Å². The zero-order valence-corrected chi connectivity index (χ0v) is 24.6. The highest BCUT2D eigenvalue weighted by Gasteiger charge is 2.85. The van der Waals surface area contributed by atoms with Gasteiger partial charge >= 0.3 is 0 Å². The molecule has 0 aromatic rings. The van der Waals surface area contributed by atoms with Crippen molar-refractivity contribution in [2.45, 2.75) is 118 Å². The predicted octanol–water partition coefficient (Wildman–Crippen LogP) is 5.70. The molecule has 5 nitrogen and oxygen atoms in total. The molecule has 5 heteroatoms. The van der Waals surface area contributed by atoms with E-state index in [0.29, 0.717) is 29.7 Å². The van der Waals surface area contributed by atoms with Crippen LogP contribution in [0.2, 0.25) is 0 Å². The minimum absolute atomic E-state index is 0.0120. The van der Waals surface area contributed by atoms with Crippen molar-refractivity contribution in [3.63, 3.8) is 0 Å². The highest BCUT2D eigenvalue weighted by atomic mass is 16.5. The molecule has 38 heavy (non-hydrogen) atoms. The van der Waals surface area contributed by atoms with Gasteiger partial charge < -0.3 is 19.8 Å². The zero-order valence-electron chi connectivity index (χ0n) is 24.6. The SMILES string of the molecule is CC(=O)N(C[C]1C[C@@H](C)[C@H]2[C](O1)[C@H](O)[C@@]1(C)[C]3CC[C@H]4C(C)(C)C(O)CC[C@@]45C[C@@]35CC[C@]21C)CC1CC1. The van der Waals surface area contributed by atoms with Gasteiger partial charge in [-0.1, -0.05) is 34.6 Å². The normalized spacial score (nSPS) is 51.8. The van der Waals surface area contributed by atoms with Crippen LogP contribution in [0.4, 0.5) is 0 Å². The van der Waals surface area contributed by atoms with Crippen molar-refractivity contribution in [3.8, 4) is 0 Å². The van der Waals surface area contributed by atoms with Crippen LogP contribution in [0, 0.1) is 68.9 Å². The number of ether oxygens (including phenoxy) is 1. The molecule has 1 amide bonds. The summed E-state index contributed by atoms with van der Waals surface area (Å²) in [4.78, 5) is 14.4.